The Hall–Kier alpha value is -1.37. The Morgan fingerprint density at radius 3 is 2.90 bits per heavy atom. The summed E-state index contributed by atoms with van der Waals surface area (Å²) in [5.41, 5.74) is 8.76. The van der Waals surface area contributed by atoms with Gasteiger partial charge in [-0.25, -0.2) is 4.98 Å². The third-order valence-corrected chi connectivity index (χ3v) is 5.31. The van der Waals surface area contributed by atoms with Crippen LogP contribution in [-0.2, 0) is 5.75 Å². The highest BCUT2D eigenvalue weighted by Gasteiger charge is 2.07. The van der Waals surface area contributed by atoms with Crippen LogP contribution in [0.4, 0.5) is 5.69 Å². The molecule has 3 rings (SSSR count). The summed E-state index contributed by atoms with van der Waals surface area (Å²) in [5, 5.41) is 3.03. The summed E-state index contributed by atoms with van der Waals surface area (Å²) in [6, 6.07) is 11.8. The average Bonchev–Trinajstić information content (AvgIpc) is 2.96. The lowest BCUT2D eigenvalue weighted by Crippen LogP contribution is -1.89. The first-order valence-electron chi connectivity index (χ1n) is 6.26. The lowest BCUT2D eigenvalue weighted by Gasteiger charge is -2.04. The Bertz CT molecular complexity index is 744. The van der Waals surface area contributed by atoms with Gasteiger partial charge in [-0.15, -0.1) is 23.1 Å². The third kappa shape index (κ3) is 3.64. The molecule has 21 heavy (non-hydrogen) atoms. The predicted octanol–water partition coefficient (Wildman–Crippen LogP) is 4.84. The monoisotopic (exact) mass is 377 g/mol. The first kappa shape index (κ1) is 14.6. The van der Waals surface area contributed by atoms with E-state index in [4.69, 9.17) is 5.73 Å². The lowest BCUT2D eigenvalue weighted by atomic mass is 10.3. The van der Waals surface area contributed by atoms with E-state index < -0.39 is 0 Å². The Balaban J connectivity index is 1.70. The van der Waals surface area contributed by atoms with E-state index in [1.54, 1.807) is 29.3 Å². The van der Waals surface area contributed by atoms with E-state index in [9.17, 15) is 0 Å². The van der Waals surface area contributed by atoms with Gasteiger partial charge in [-0.1, -0.05) is 22.0 Å². The highest BCUT2D eigenvalue weighted by Crippen LogP contribution is 2.31. The SMILES string of the molecule is Nc1cc(Br)ccc1SCc1csc(-c2ccccn2)n1. The number of anilines is 1. The van der Waals surface area contributed by atoms with Gasteiger partial charge in [0.1, 0.15) is 5.01 Å². The minimum Gasteiger partial charge on any atom is -0.398 e. The number of hydrogen-bond acceptors (Lipinski definition) is 5. The van der Waals surface area contributed by atoms with E-state index in [0.717, 1.165) is 37.2 Å². The van der Waals surface area contributed by atoms with Crippen molar-refractivity contribution in [3.05, 3.63) is 58.1 Å². The van der Waals surface area contributed by atoms with Gasteiger partial charge >= 0.3 is 0 Å². The second-order valence-electron chi connectivity index (χ2n) is 4.33. The van der Waals surface area contributed by atoms with Crippen LogP contribution in [0.5, 0.6) is 0 Å². The maximum Gasteiger partial charge on any atom is 0.142 e. The summed E-state index contributed by atoms with van der Waals surface area (Å²) >= 11 is 6.73. The first-order chi connectivity index (χ1) is 10.2. The molecule has 2 heterocycles. The molecule has 0 aliphatic heterocycles. The fourth-order valence-corrected chi connectivity index (χ4v) is 3.90. The number of halogens is 1. The zero-order valence-corrected chi connectivity index (χ0v) is 14.2. The summed E-state index contributed by atoms with van der Waals surface area (Å²) in [5.74, 6) is 0.801. The number of pyridine rings is 1. The lowest BCUT2D eigenvalue weighted by molar-refractivity contribution is 1.21. The van der Waals surface area contributed by atoms with Crippen molar-refractivity contribution in [2.45, 2.75) is 10.6 Å². The van der Waals surface area contributed by atoms with Crippen LogP contribution in [0, 0.1) is 0 Å². The van der Waals surface area contributed by atoms with Gasteiger partial charge in [-0.05, 0) is 30.3 Å². The fourth-order valence-electron chi connectivity index (χ4n) is 1.78. The number of rotatable bonds is 4. The molecule has 0 aliphatic carbocycles. The molecule has 3 nitrogen and oxygen atoms in total. The van der Waals surface area contributed by atoms with Crippen LogP contribution in [0.15, 0.2) is 57.3 Å². The van der Waals surface area contributed by atoms with Crippen LogP contribution >= 0.6 is 39.0 Å². The summed E-state index contributed by atoms with van der Waals surface area (Å²) in [6.45, 7) is 0. The summed E-state index contributed by atoms with van der Waals surface area (Å²) in [7, 11) is 0. The normalized spacial score (nSPS) is 10.7. The molecule has 1 aromatic carbocycles. The molecule has 0 saturated carbocycles. The van der Waals surface area contributed by atoms with Gasteiger partial charge in [-0.2, -0.15) is 0 Å². The Morgan fingerprint density at radius 1 is 1.24 bits per heavy atom. The van der Waals surface area contributed by atoms with Crippen molar-refractivity contribution in [1.82, 2.24) is 9.97 Å². The minimum absolute atomic E-state index is 0.787. The van der Waals surface area contributed by atoms with Crippen LogP contribution in [0.1, 0.15) is 5.69 Å². The average molecular weight is 378 g/mol. The van der Waals surface area contributed by atoms with Gasteiger partial charge in [0.05, 0.1) is 11.4 Å². The number of thiazole rings is 1. The highest BCUT2D eigenvalue weighted by molar-refractivity contribution is 9.10. The van der Waals surface area contributed by atoms with Gasteiger partial charge in [-0.3, -0.25) is 4.98 Å². The zero-order valence-electron chi connectivity index (χ0n) is 11.0. The van der Waals surface area contributed by atoms with E-state index in [2.05, 4.69) is 31.3 Å². The smallest absolute Gasteiger partial charge is 0.142 e. The maximum atomic E-state index is 6.00. The number of thioether (sulfide) groups is 1. The van der Waals surface area contributed by atoms with Crippen molar-refractivity contribution in [1.29, 1.82) is 0 Å². The van der Waals surface area contributed by atoms with Crippen molar-refractivity contribution in [3.8, 4) is 10.7 Å². The molecular formula is C15H12BrN3S2. The summed E-state index contributed by atoms with van der Waals surface area (Å²) in [6.07, 6.45) is 1.79. The maximum absolute atomic E-state index is 6.00. The minimum atomic E-state index is 0.787. The van der Waals surface area contributed by atoms with E-state index in [1.807, 2.05) is 36.4 Å². The van der Waals surface area contributed by atoms with E-state index in [0.29, 0.717) is 0 Å². The molecule has 0 bridgehead atoms. The first-order valence-corrected chi connectivity index (χ1v) is 8.92. The molecule has 0 radical (unpaired) electrons. The Labute approximate surface area is 139 Å². The molecule has 0 saturated heterocycles. The number of nitrogens with zero attached hydrogens (tertiary/aromatic N) is 2. The molecule has 0 spiro atoms. The van der Waals surface area contributed by atoms with Crippen LogP contribution in [0.25, 0.3) is 10.7 Å². The summed E-state index contributed by atoms with van der Waals surface area (Å²) < 4.78 is 0.996. The van der Waals surface area contributed by atoms with E-state index in [1.165, 1.54) is 0 Å². The number of benzene rings is 1. The zero-order chi connectivity index (χ0) is 14.7. The van der Waals surface area contributed by atoms with Gasteiger partial charge in [0, 0.05) is 32.4 Å². The molecule has 0 unspecified atom stereocenters. The molecule has 2 N–H and O–H groups in total. The van der Waals surface area contributed by atoms with Crippen LogP contribution in [-0.4, -0.2) is 9.97 Å². The van der Waals surface area contributed by atoms with Gasteiger partial charge in [0.15, 0.2) is 0 Å². The Morgan fingerprint density at radius 2 is 2.14 bits per heavy atom. The molecule has 0 atom stereocenters. The molecule has 0 fully saturated rings. The number of hydrogen-bond donors (Lipinski definition) is 1. The molecule has 0 aliphatic rings. The third-order valence-electron chi connectivity index (χ3n) is 2.78. The second kappa shape index (κ2) is 6.60. The topological polar surface area (TPSA) is 51.8 Å². The van der Waals surface area contributed by atoms with Crippen molar-refractivity contribution >= 4 is 44.7 Å². The fraction of sp³-hybridized carbons (Fsp3) is 0.0667. The second-order valence-corrected chi connectivity index (χ2v) is 7.12. The van der Waals surface area contributed by atoms with E-state index in [-0.39, 0.29) is 0 Å². The molecule has 106 valence electrons. The largest absolute Gasteiger partial charge is 0.398 e. The Kier molecular flexibility index (Phi) is 4.57. The van der Waals surface area contributed by atoms with Gasteiger partial charge in [0.2, 0.25) is 0 Å². The van der Waals surface area contributed by atoms with E-state index >= 15 is 0 Å². The quantitative estimate of drug-likeness (QED) is 0.521. The molecule has 0 amide bonds. The number of nitrogen functional groups attached to an aromatic ring is 1. The van der Waals surface area contributed by atoms with Crippen LogP contribution in [0.2, 0.25) is 0 Å². The van der Waals surface area contributed by atoms with Crippen molar-refractivity contribution < 1.29 is 0 Å². The number of nitrogens with two attached hydrogens (primary N) is 1. The summed E-state index contributed by atoms with van der Waals surface area (Å²) in [4.78, 5) is 10.0. The van der Waals surface area contributed by atoms with Crippen molar-refractivity contribution in [2.24, 2.45) is 0 Å². The highest BCUT2D eigenvalue weighted by atomic mass is 79.9. The molecule has 6 heteroatoms. The predicted molar refractivity (Wildman–Crippen MR) is 93.5 cm³/mol. The van der Waals surface area contributed by atoms with Gasteiger partial charge in [0.25, 0.3) is 0 Å². The number of aromatic nitrogens is 2. The molecular weight excluding hydrogens is 366 g/mol. The molecule has 3 aromatic rings. The van der Waals surface area contributed by atoms with Gasteiger partial charge < -0.3 is 5.73 Å². The van der Waals surface area contributed by atoms with Crippen LogP contribution in [0.3, 0.4) is 0 Å². The van der Waals surface area contributed by atoms with Crippen LogP contribution < -0.4 is 5.73 Å². The standard InChI is InChI=1S/C15H12BrN3S2/c16-10-4-5-14(12(17)7-10)20-8-11-9-21-15(19-11)13-3-1-2-6-18-13/h1-7,9H,8,17H2. The van der Waals surface area contributed by atoms with Crippen molar-refractivity contribution in [3.63, 3.8) is 0 Å². The molecule has 2 aromatic heterocycles. The van der Waals surface area contributed by atoms with Crippen molar-refractivity contribution in [2.75, 3.05) is 5.73 Å².